The SMILES string of the molecule is Cc1cccc(Cl)c1-c1noc(C2CC2)c1COc1ccc(C2(O)CCN(c3ccc(C(=O)O)cn3)C2)c(Cl)c1. The second-order valence-electron chi connectivity index (χ2n) is 10.4. The van der Waals surface area contributed by atoms with E-state index in [-0.39, 0.29) is 18.7 Å². The summed E-state index contributed by atoms with van der Waals surface area (Å²) in [5, 5.41) is 26.0. The molecule has 1 saturated heterocycles. The van der Waals surface area contributed by atoms with E-state index in [4.69, 9.17) is 37.6 Å². The highest BCUT2D eigenvalue weighted by Crippen LogP contribution is 2.46. The molecule has 6 rings (SSSR count). The Kier molecular flexibility index (Phi) is 6.94. The first kappa shape index (κ1) is 26.6. The zero-order valence-electron chi connectivity index (χ0n) is 21.7. The number of hydrogen-bond acceptors (Lipinski definition) is 7. The number of aliphatic hydroxyl groups is 1. The van der Waals surface area contributed by atoms with Gasteiger partial charge in [-0.25, -0.2) is 9.78 Å². The molecule has 2 aliphatic rings. The number of nitrogens with zero attached hydrogens (tertiary/aromatic N) is 3. The smallest absolute Gasteiger partial charge is 0.337 e. The Hall–Kier alpha value is -3.59. The monoisotopic (exact) mass is 579 g/mol. The number of ether oxygens (including phenoxy) is 1. The van der Waals surface area contributed by atoms with Gasteiger partial charge in [0.05, 0.1) is 27.7 Å². The van der Waals surface area contributed by atoms with Crippen LogP contribution in [0.4, 0.5) is 5.82 Å². The van der Waals surface area contributed by atoms with Crippen molar-refractivity contribution in [2.24, 2.45) is 0 Å². The number of pyridine rings is 1. The molecule has 2 aromatic carbocycles. The zero-order chi connectivity index (χ0) is 28.0. The van der Waals surface area contributed by atoms with Gasteiger partial charge in [-0.1, -0.05) is 46.6 Å². The summed E-state index contributed by atoms with van der Waals surface area (Å²) in [6.45, 7) is 3.05. The molecule has 4 aromatic rings. The van der Waals surface area contributed by atoms with Gasteiger partial charge < -0.3 is 24.4 Å². The molecule has 0 spiro atoms. The van der Waals surface area contributed by atoms with E-state index in [1.807, 2.05) is 30.0 Å². The molecular weight excluding hydrogens is 553 g/mol. The highest BCUT2D eigenvalue weighted by molar-refractivity contribution is 6.33. The number of carbonyl (C=O) groups is 1. The van der Waals surface area contributed by atoms with Crippen molar-refractivity contribution in [3.63, 3.8) is 0 Å². The van der Waals surface area contributed by atoms with E-state index in [0.717, 1.165) is 35.3 Å². The fourth-order valence-corrected chi connectivity index (χ4v) is 5.94. The quantitative estimate of drug-likeness (QED) is 0.240. The van der Waals surface area contributed by atoms with Crippen LogP contribution >= 0.6 is 23.2 Å². The van der Waals surface area contributed by atoms with Gasteiger partial charge in [-0.05, 0) is 62.1 Å². The Labute approximate surface area is 241 Å². The molecule has 1 atom stereocenters. The molecule has 3 heterocycles. The molecule has 1 aliphatic heterocycles. The van der Waals surface area contributed by atoms with Crippen molar-refractivity contribution in [1.82, 2.24) is 10.1 Å². The second kappa shape index (κ2) is 10.4. The lowest BCUT2D eigenvalue weighted by molar-refractivity contribution is 0.0606. The van der Waals surface area contributed by atoms with Crippen LogP contribution in [0.25, 0.3) is 11.3 Å². The van der Waals surface area contributed by atoms with Crippen LogP contribution in [0.1, 0.15) is 58.0 Å². The largest absolute Gasteiger partial charge is 0.489 e. The number of carboxylic acids is 1. The summed E-state index contributed by atoms with van der Waals surface area (Å²) < 4.78 is 12.0. The molecule has 206 valence electrons. The van der Waals surface area contributed by atoms with E-state index in [9.17, 15) is 9.90 Å². The Morgan fingerprint density at radius 3 is 2.67 bits per heavy atom. The molecule has 40 heavy (non-hydrogen) atoms. The topological polar surface area (TPSA) is 109 Å². The minimum absolute atomic E-state index is 0.112. The summed E-state index contributed by atoms with van der Waals surface area (Å²) in [5.74, 6) is 1.30. The third kappa shape index (κ3) is 5.03. The molecule has 1 aliphatic carbocycles. The number of carboxylic acid groups (broad SMARTS) is 1. The number of aromatic nitrogens is 2. The third-order valence-corrected chi connectivity index (χ3v) is 8.24. The Morgan fingerprint density at radius 2 is 2.00 bits per heavy atom. The van der Waals surface area contributed by atoms with Gasteiger partial charge in [0.1, 0.15) is 35.2 Å². The van der Waals surface area contributed by atoms with Crippen LogP contribution in [0.15, 0.2) is 59.3 Å². The number of halogens is 2. The second-order valence-corrected chi connectivity index (χ2v) is 11.2. The summed E-state index contributed by atoms with van der Waals surface area (Å²) >= 11 is 13.2. The minimum Gasteiger partial charge on any atom is -0.489 e. The number of aryl methyl sites for hydroxylation is 1. The maximum atomic E-state index is 11.5. The van der Waals surface area contributed by atoms with Gasteiger partial charge in [0.15, 0.2) is 0 Å². The Morgan fingerprint density at radius 1 is 1.18 bits per heavy atom. The van der Waals surface area contributed by atoms with Crippen LogP contribution in [-0.4, -0.2) is 39.4 Å². The summed E-state index contributed by atoms with van der Waals surface area (Å²) in [5.41, 5.74) is 2.94. The first-order valence-electron chi connectivity index (χ1n) is 13.1. The van der Waals surface area contributed by atoms with Crippen LogP contribution in [0.2, 0.25) is 10.0 Å². The average molecular weight is 580 g/mol. The van der Waals surface area contributed by atoms with Crippen LogP contribution in [0, 0.1) is 6.92 Å². The highest BCUT2D eigenvalue weighted by Gasteiger charge is 2.40. The molecule has 0 amide bonds. The number of rotatable bonds is 8. The van der Waals surface area contributed by atoms with Gasteiger partial charge >= 0.3 is 5.97 Å². The van der Waals surface area contributed by atoms with Gasteiger partial charge in [-0.3, -0.25) is 0 Å². The number of β-amino-alcohol motifs (C(OH)–C–C–N with tert-alkyl or cyclic N) is 1. The van der Waals surface area contributed by atoms with Crippen molar-refractivity contribution in [1.29, 1.82) is 0 Å². The van der Waals surface area contributed by atoms with Crippen LogP contribution in [0.5, 0.6) is 5.75 Å². The van der Waals surface area contributed by atoms with Crippen molar-refractivity contribution in [2.75, 3.05) is 18.0 Å². The summed E-state index contributed by atoms with van der Waals surface area (Å²) in [6.07, 6.45) is 3.87. The van der Waals surface area contributed by atoms with Crippen molar-refractivity contribution in [3.8, 4) is 17.0 Å². The lowest BCUT2D eigenvalue weighted by Crippen LogP contribution is -2.31. The van der Waals surface area contributed by atoms with Crippen molar-refractivity contribution in [3.05, 3.63) is 92.8 Å². The van der Waals surface area contributed by atoms with E-state index in [1.54, 1.807) is 24.3 Å². The van der Waals surface area contributed by atoms with Crippen LogP contribution in [0.3, 0.4) is 0 Å². The fourth-order valence-electron chi connectivity index (χ4n) is 5.28. The van der Waals surface area contributed by atoms with Gasteiger partial charge in [-0.15, -0.1) is 0 Å². The standard InChI is InChI=1S/C30H27Cl2N3O5/c1-17-3-2-4-23(31)26(17)27-21(28(40-34-27)18-5-6-18)15-39-20-8-9-22(24(32)13-20)30(38)11-12-35(16-30)25-10-7-19(14-33-25)29(36)37/h2-4,7-10,13-14,18,38H,5-6,11-12,15-16H2,1H3,(H,36,37). The normalized spacial score (nSPS) is 18.8. The van der Waals surface area contributed by atoms with Gasteiger partial charge in [0.25, 0.3) is 0 Å². The third-order valence-electron chi connectivity index (χ3n) is 7.62. The molecule has 8 nitrogen and oxygen atoms in total. The van der Waals surface area contributed by atoms with E-state index in [2.05, 4.69) is 10.1 Å². The van der Waals surface area contributed by atoms with Crippen LogP contribution < -0.4 is 9.64 Å². The molecule has 0 radical (unpaired) electrons. The molecule has 10 heteroatoms. The summed E-state index contributed by atoms with van der Waals surface area (Å²) in [7, 11) is 0. The maximum absolute atomic E-state index is 11.5. The van der Waals surface area contributed by atoms with Crippen molar-refractivity contribution >= 4 is 35.0 Å². The van der Waals surface area contributed by atoms with E-state index >= 15 is 0 Å². The number of benzene rings is 2. The molecule has 1 unspecified atom stereocenters. The zero-order valence-corrected chi connectivity index (χ0v) is 23.2. The number of aromatic carboxylic acids is 1. The van der Waals surface area contributed by atoms with Crippen molar-refractivity contribution < 1.29 is 24.3 Å². The maximum Gasteiger partial charge on any atom is 0.337 e. The van der Waals surface area contributed by atoms with E-state index in [0.29, 0.717) is 51.8 Å². The molecular formula is C30H27Cl2N3O5. The van der Waals surface area contributed by atoms with Gasteiger partial charge in [-0.2, -0.15) is 0 Å². The predicted molar refractivity (Wildman–Crippen MR) is 151 cm³/mol. The number of hydrogen-bond donors (Lipinski definition) is 2. The predicted octanol–water partition coefficient (Wildman–Crippen LogP) is 6.60. The molecule has 2 fully saturated rings. The lowest BCUT2D eigenvalue weighted by atomic mass is 9.93. The number of anilines is 1. The molecule has 1 saturated carbocycles. The van der Waals surface area contributed by atoms with Crippen LogP contribution in [-0.2, 0) is 12.2 Å². The highest BCUT2D eigenvalue weighted by atomic mass is 35.5. The lowest BCUT2D eigenvalue weighted by Gasteiger charge is -2.25. The van der Waals surface area contributed by atoms with Gasteiger partial charge in [0.2, 0.25) is 0 Å². The summed E-state index contributed by atoms with van der Waals surface area (Å²) in [6, 6.07) is 14.2. The summed E-state index contributed by atoms with van der Waals surface area (Å²) in [4.78, 5) is 17.3. The first-order chi connectivity index (χ1) is 19.2. The minimum atomic E-state index is -1.19. The van der Waals surface area contributed by atoms with E-state index < -0.39 is 11.6 Å². The molecule has 2 aromatic heterocycles. The van der Waals surface area contributed by atoms with Gasteiger partial charge in [0, 0.05) is 29.8 Å². The van der Waals surface area contributed by atoms with E-state index in [1.165, 1.54) is 12.3 Å². The van der Waals surface area contributed by atoms with Crippen molar-refractivity contribution in [2.45, 2.75) is 44.3 Å². The Balaban J connectivity index is 1.20. The molecule has 0 bridgehead atoms. The first-order valence-corrected chi connectivity index (χ1v) is 13.8. The fraction of sp³-hybridized carbons (Fsp3) is 0.300. The average Bonchev–Trinajstić information content (AvgIpc) is 3.57. The molecule has 2 N–H and O–H groups in total. The Bertz CT molecular complexity index is 1560.